The number of rotatable bonds is 3. The summed E-state index contributed by atoms with van der Waals surface area (Å²) in [5.74, 6) is 0.0429. The van der Waals surface area contributed by atoms with Crippen LogP contribution >= 0.6 is 0 Å². The monoisotopic (exact) mass is 248 g/mol. The Morgan fingerprint density at radius 1 is 1.67 bits per heavy atom. The zero-order chi connectivity index (χ0) is 13.0. The number of nitrogens with zero attached hydrogens (tertiary/aromatic N) is 3. The standard InChI is InChI=1S/C12H16N4O2/c1-9-8-11(18-15-9)12(17)14-10-2-5-16(6-3-10)7-4-13/h8,10H,2-3,5-7H2,1H3,(H,14,17). The van der Waals surface area contributed by atoms with Crippen LogP contribution in [0.3, 0.4) is 0 Å². The van der Waals surface area contributed by atoms with Gasteiger partial charge in [-0.05, 0) is 19.8 Å². The highest BCUT2D eigenvalue weighted by molar-refractivity contribution is 5.91. The molecule has 1 aliphatic heterocycles. The van der Waals surface area contributed by atoms with Crippen LogP contribution in [-0.2, 0) is 0 Å². The Morgan fingerprint density at radius 2 is 2.39 bits per heavy atom. The molecule has 0 aliphatic carbocycles. The molecule has 96 valence electrons. The van der Waals surface area contributed by atoms with E-state index < -0.39 is 0 Å². The van der Waals surface area contributed by atoms with Crippen molar-refractivity contribution in [2.75, 3.05) is 19.6 Å². The predicted molar refractivity (Wildman–Crippen MR) is 63.8 cm³/mol. The predicted octanol–water partition coefficient (Wildman–Crippen LogP) is 0.701. The average Bonchev–Trinajstić information content (AvgIpc) is 2.79. The third kappa shape index (κ3) is 3.08. The Kier molecular flexibility index (Phi) is 3.95. The molecular formula is C12H16N4O2. The first-order chi connectivity index (χ1) is 8.69. The smallest absolute Gasteiger partial charge is 0.290 e. The lowest BCUT2D eigenvalue weighted by molar-refractivity contribution is 0.0877. The largest absolute Gasteiger partial charge is 0.351 e. The topological polar surface area (TPSA) is 82.2 Å². The van der Waals surface area contributed by atoms with Crippen LogP contribution in [0.15, 0.2) is 10.6 Å². The van der Waals surface area contributed by atoms with Crippen LogP contribution in [0.1, 0.15) is 29.1 Å². The quantitative estimate of drug-likeness (QED) is 0.796. The van der Waals surface area contributed by atoms with Gasteiger partial charge >= 0.3 is 0 Å². The van der Waals surface area contributed by atoms with Crippen LogP contribution in [0, 0.1) is 18.3 Å². The van der Waals surface area contributed by atoms with Crippen molar-refractivity contribution in [2.45, 2.75) is 25.8 Å². The fourth-order valence-electron chi connectivity index (χ4n) is 2.06. The second-order valence-corrected chi connectivity index (χ2v) is 4.51. The SMILES string of the molecule is Cc1cc(C(=O)NC2CCN(CC#N)CC2)on1. The molecule has 0 unspecified atom stereocenters. The second-order valence-electron chi connectivity index (χ2n) is 4.51. The first kappa shape index (κ1) is 12.6. The summed E-state index contributed by atoms with van der Waals surface area (Å²) >= 11 is 0. The highest BCUT2D eigenvalue weighted by Crippen LogP contribution is 2.11. The van der Waals surface area contributed by atoms with Crippen molar-refractivity contribution in [2.24, 2.45) is 0 Å². The maximum atomic E-state index is 11.8. The lowest BCUT2D eigenvalue weighted by atomic mass is 10.1. The summed E-state index contributed by atoms with van der Waals surface area (Å²) in [5.41, 5.74) is 0.698. The van der Waals surface area contributed by atoms with Crippen molar-refractivity contribution in [3.8, 4) is 6.07 Å². The van der Waals surface area contributed by atoms with Crippen molar-refractivity contribution in [1.29, 1.82) is 5.26 Å². The highest BCUT2D eigenvalue weighted by atomic mass is 16.5. The van der Waals surface area contributed by atoms with E-state index in [0.29, 0.717) is 12.2 Å². The molecule has 1 aliphatic rings. The van der Waals surface area contributed by atoms with Crippen molar-refractivity contribution in [3.63, 3.8) is 0 Å². The molecule has 18 heavy (non-hydrogen) atoms. The lowest BCUT2D eigenvalue weighted by Gasteiger charge is -2.30. The third-order valence-corrected chi connectivity index (χ3v) is 3.07. The zero-order valence-electron chi connectivity index (χ0n) is 10.3. The second kappa shape index (κ2) is 5.65. The molecule has 1 amide bonds. The molecular weight excluding hydrogens is 232 g/mol. The minimum Gasteiger partial charge on any atom is -0.351 e. The number of piperidine rings is 1. The maximum absolute atomic E-state index is 11.8. The summed E-state index contributed by atoms with van der Waals surface area (Å²) in [6.45, 7) is 3.92. The number of carbonyl (C=O) groups excluding carboxylic acids is 1. The number of amides is 1. The molecule has 2 heterocycles. The summed E-state index contributed by atoms with van der Waals surface area (Å²) in [4.78, 5) is 13.9. The number of nitriles is 1. The van der Waals surface area contributed by atoms with Gasteiger partial charge in [0, 0.05) is 25.2 Å². The minimum absolute atomic E-state index is 0.151. The Hall–Kier alpha value is -1.87. The van der Waals surface area contributed by atoms with Crippen molar-refractivity contribution < 1.29 is 9.32 Å². The van der Waals surface area contributed by atoms with E-state index in [1.54, 1.807) is 13.0 Å². The molecule has 2 rings (SSSR count). The average molecular weight is 248 g/mol. The van der Waals surface area contributed by atoms with Crippen LogP contribution in [0.25, 0.3) is 0 Å². The number of aryl methyl sites for hydroxylation is 1. The Bertz CT molecular complexity index is 455. The molecule has 0 atom stereocenters. The Labute approximate surface area is 106 Å². The van der Waals surface area contributed by atoms with E-state index in [-0.39, 0.29) is 17.7 Å². The first-order valence-corrected chi connectivity index (χ1v) is 6.02. The maximum Gasteiger partial charge on any atom is 0.290 e. The van der Waals surface area contributed by atoms with Gasteiger partial charge in [0.1, 0.15) is 0 Å². The summed E-state index contributed by atoms with van der Waals surface area (Å²) in [7, 11) is 0. The van der Waals surface area contributed by atoms with E-state index >= 15 is 0 Å². The van der Waals surface area contributed by atoms with E-state index in [1.807, 2.05) is 0 Å². The van der Waals surface area contributed by atoms with Crippen molar-refractivity contribution in [3.05, 3.63) is 17.5 Å². The van der Waals surface area contributed by atoms with Crippen LogP contribution < -0.4 is 5.32 Å². The van der Waals surface area contributed by atoms with Crippen molar-refractivity contribution in [1.82, 2.24) is 15.4 Å². The van der Waals surface area contributed by atoms with Gasteiger partial charge in [-0.1, -0.05) is 5.16 Å². The molecule has 0 bridgehead atoms. The molecule has 0 radical (unpaired) electrons. The summed E-state index contributed by atoms with van der Waals surface area (Å²) in [6, 6.07) is 3.91. The molecule has 6 nitrogen and oxygen atoms in total. The number of carbonyl (C=O) groups is 1. The molecule has 1 aromatic rings. The van der Waals surface area contributed by atoms with E-state index in [9.17, 15) is 4.79 Å². The van der Waals surface area contributed by atoms with E-state index in [2.05, 4.69) is 21.4 Å². The molecule has 0 aromatic carbocycles. The molecule has 0 spiro atoms. The van der Waals surface area contributed by atoms with Crippen LogP contribution in [0.5, 0.6) is 0 Å². The molecule has 6 heteroatoms. The lowest BCUT2D eigenvalue weighted by Crippen LogP contribution is -2.44. The van der Waals surface area contributed by atoms with Gasteiger partial charge in [-0.2, -0.15) is 5.26 Å². The summed E-state index contributed by atoms with van der Waals surface area (Å²) < 4.78 is 4.91. The van der Waals surface area contributed by atoms with Crippen LogP contribution in [-0.4, -0.2) is 41.6 Å². The zero-order valence-corrected chi connectivity index (χ0v) is 10.3. The van der Waals surface area contributed by atoms with E-state index in [4.69, 9.17) is 9.78 Å². The molecule has 1 aromatic heterocycles. The molecule has 1 N–H and O–H groups in total. The van der Waals surface area contributed by atoms with Crippen LogP contribution in [0.2, 0.25) is 0 Å². The molecule has 0 saturated carbocycles. The van der Waals surface area contributed by atoms with Gasteiger partial charge < -0.3 is 9.84 Å². The highest BCUT2D eigenvalue weighted by Gasteiger charge is 2.22. The fourth-order valence-corrected chi connectivity index (χ4v) is 2.06. The molecule has 1 fully saturated rings. The van der Waals surface area contributed by atoms with Gasteiger partial charge in [-0.15, -0.1) is 0 Å². The first-order valence-electron chi connectivity index (χ1n) is 6.02. The Morgan fingerprint density at radius 3 is 2.94 bits per heavy atom. The van der Waals surface area contributed by atoms with Crippen LogP contribution in [0.4, 0.5) is 0 Å². The third-order valence-electron chi connectivity index (χ3n) is 3.07. The van der Waals surface area contributed by atoms with E-state index in [1.165, 1.54) is 0 Å². The number of hydrogen-bond donors (Lipinski definition) is 1. The minimum atomic E-state index is -0.214. The Balaban J connectivity index is 1.81. The van der Waals surface area contributed by atoms with Gasteiger partial charge in [0.05, 0.1) is 18.3 Å². The van der Waals surface area contributed by atoms with Gasteiger partial charge in [0.15, 0.2) is 0 Å². The number of hydrogen-bond acceptors (Lipinski definition) is 5. The number of likely N-dealkylation sites (tertiary alicyclic amines) is 1. The normalized spacial score (nSPS) is 17.3. The fraction of sp³-hybridized carbons (Fsp3) is 0.583. The van der Waals surface area contributed by atoms with Crippen molar-refractivity contribution >= 4 is 5.91 Å². The van der Waals surface area contributed by atoms with Gasteiger partial charge in [0.25, 0.3) is 5.91 Å². The molecule has 1 saturated heterocycles. The number of aromatic nitrogens is 1. The van der Waals surface area contributed by atoms with Gasteiger partial charge in [-0.25, -0.2) is 0 Å². The van der Waals surface area contributed by atoms with Gasteiger partial charge in [-0.3, -0.25) is 9.69 Å². The van der Waals surface area contributed by atoms with E-state index in [0.717, 1.165) is 25.9 Å². The summed E-state index contributed by atoms with van der Waals surface area (Å²) in [5, 5.41) is 15.2. The van der Waals surface area contributed by atoms with Gasteiger partial charge in [0.2, 0.25) is 5.76 Å². The summed E-state index contributed by atoms with van der Waals surface area (Å²) in [6.07, 6.45) is 1.72. The number of nitrogens with one attached hydrogen (secondary N) is 1.